The number of fused-ring (bicyclic) bond motifs is 1. The number of halogens is 3. The van der Waals surface area contributed by atoms with Gasteiger partial charge < -0.3 is 14.8 Å². The van der Waals surface area contributed by atoms with Crippen molar-refractivity contribution in [2.45, 2.75) is 31.5 Å². The third-order valence-corrected chi connectivity index (χ3v) is 5.71. The molecule has 0 radical (unpaired) electrons. The van der Waals surface area contributed by atoms with Gasteiger partial charge in [0.25, 0.3) is 5.56 Å². The quantitative estimate of drug-likeness (QED) is 0.437. The molecule has 1 aromatic carbocycles. The maximum atomic E-state index is 12.7. The standard InChI is InChI=1S/C22H21N5O2.C2HF3O2/c28-22-20-13-25-27(18-5-7-29-8-6-18)21(20)10-17(26-22)9-15-3-1-2-4-19(15)16-11-23-14-24-12-16;3-2(4,5)1(6)7/h1-4,10-14,18H,5-9H2,(H,26,28);(H,6,7). The van der Waals surface area contributed by atoms with Crippen LogP contribution in [-0.2, 0) is 16.0 Å². The van der Waals surface area contributed by atoms with Crippen LogP contribution in [-0.4, -0.2) is 55.2 Å². The molecule has 5 rings (SSSR count). The Labute approximate surface area is 202 Å². The first-order valence-electron chi connectivity index (χ1n) is 11.0. The molecule has 9 nitrogen and oxygen atoms in total. The number of rotatable bonds is 4. The molecule has 4 aromatic rings. The molecule has 1 fully saturated rings. The van der Waals surface area contributed by atoms with E-state index in [1.807, 2.05) is 16.8 Å². The van der Waals surface area contributed by atoms with E-state index in [0.29, 0.717) is 11.8 Å². The zero-order valence-corrected chi connectivity index (χ0v) is 18.9. The fourth-order valence-electron chi connectivity index (χ4n) is 4.02. The van der Waals surface area contributed by atoms with Crippen LogP contribution in [0.15, 0.2) is 60.0 Å². The molecule has 0 amide bonds. The number of aromatic nitrogens is 5. The molecule has 0 atom stereocenters. The number of H-pyrrole nitrogens is 1. The highest BCUT2D eigenvalue weighted by Crippen LogP contribution is 2.27. The summed E-state index contributed by atoms with van der Waals surface area (Å²) in [7, 11) is 0. The van der Waals surface area contributed by atoms with Crippen LogP contribution < -0.4 is 5.56 Å². The predicted octanol–water partition coefficient (Wildman–Crippen LogP) is 3.76. The van der Waals surface area contributed by atoms with Gasteiger partial charge in [0.05, 0.1) is 23.1 Å². The lowest BCUT2D eigenvalue weighted by atomic mass is 9.98. The number of ether oxygens (including phenoxy) is 1. The van der Waals surface area contributed by atoms with Crippen molar-refractivity contribution in [3.63, 3.8) is 0 Å². The second kappa shape index (κ2) is 10.7. The molecule has 36 heavy (non-hydrogen) atoms. The molecular formula is C24H22F3N5O4. The molecule has 0 saturated carbocycles. The topological polar surface area (TPSA) is 123 Å². The van der Waals surface area contributed by atoms with Crippen molar-refractivity contribution in [2.75, 3.05) is 13.2 Å². The Morgan fingerprint density at radius 3 is 2.47 bits per heavy atom. The van der Waals surface area contributed by atoms with Crippen molar-refractivity contribution in [3.05, 3.63) is 76.9 Å². The second-order valence-corrected chi connectivity index (χ2v) is 8.12. The first kappa shape index (κ1) is 25.0. The summed E-state index contributed by atoms with van der Waals surface area (Å²) < 4.78 is 39.2. The summed E-state index contributed by atoms with van der Waals surface area (Å²) in [6.45, 7) is 1.46. The fraction of sp³-hybridized carbons (Fsp3) is 0.292. The Hall–Kier alpha value is -4.06. The second-order valence-electron chi connectivity index (χ2n) is 8.12. The van der Waals surface area contributed by atoms with Crippen molar-refractivity contribution in [1.82, 2.24) is 24.7 Å². The summed E-state index contributed by atoms with van der Waals surface area (Å²) in [6.07, 6.45) is 4.15. The van der Waals surface area contributed by atoms with Crippen molar-refractivity contribution < 1.29 is 27.8 Å². The first-order chi connectivity index (χ1) is 17.2. The number of hydrogen-bond acceptors (Lipinski definition) is 6. The molecular weight excluding hydrogens is 479 g/mol. The van der Waals surface area contributed by atoms with Gasteiger partial charge in [-0.1, -0.05) is 24.3 Å². The van der Waals surface area contributed by atoms with Crippen LogP contribution in [0.3, 0.4) is 0 Å². The number of aliphatic carboxylic acids is 1. The van der Waals surface area contributed by atoms with Gasteiger partial charge >= 0.3 is 12.1 Å². The summed E-state index contributed by atoms with van der Waals surface area (Å²) in [5, 5.41) is 12.3. The van der Waals surface area contributed by atoms with E-state index >= 15 is 0 Å². The predicted molar refractivity (Wildman–Crippen MR) is 123 cm³/mol. The summed E-state index contributed by atoms with van der Waals surface area (Å²) in [4.78, 5) is 32.9. The molecule has 0 unspecified atom stereocenters. The molecule has 0 bridgehead atoms. The molecule has 12 heteroatoms. The lowest BCUT2D eigenvalue weighted by molar-refractivity contribution is -0.192. The molecule has 0 spiro atoms. The van der Waals surface area contributed by atoms with Gasteiger partial charge in [-0.15, -0.1) is 0 Å². The molecule has 188 valence electrons. The number of carbonyl (C=O) groups is 1. The zero-order chi connectivity index (χ0) is 25.7. The number of nitrogens with zero attached hydrogens (tertiary/aromatic N) is 4. The number of pyridine rings is 1. The van der Waals surface area contributed by atoms with Crippen molar-refractivity contribution in [2.24, 2.45) is 0 Å². The lowest BCUT2D eigenvalue weighted by Crippen LogP contribution is -2.21. The number of aromatic amines is 1. The number of benzene rings is 1. The highest BCUT2D eigenvalue weighted by molar-refractivity contribution is 5.78. The van der Waals surface area contributed by atoms with E-state index < -0.39 is 12.1 Å². The van der Waals surface area contributed by atoms with Crippen LogP contribution in [0.5, 0.6) is 0 Å². The Balaban J connectivity index is 0.000000384. The van der Waals surface area contributed by atoms with Gasteiger partial charge in [-0.25, -0.2) is 14.8 Å². The Morgan fingerprint density at radius 1 is 1.14 bits per heavy atom. The van der Waals surface area contributed by atoms with Crippen molar-refractivity contribution in [3.8, 4) is 11.1 Å². The van der Waals surface area contributed by atoms with Crippen LogP contribution in [0.1, 0.15) is 30.1 Å². The number of nitrogens with one attached hydrogen (secondary N) is 1. The molecule has 1 saturated heterocycles. The van der Waals surface area contributed by atoms with E-state index in [1.165, 1.54) is 6.33 Å². The van der Waals surface area contributed by atoms with Crippen LogP contribution >= 0.6 is 0 Å². The van der Waals surface area contributed by atoms with Gasteiger partial charge in [0, 0.05) is 43.3 Å². The maximum Gasteiger partial charge on any atom is 0.490 e. The minimum atomic E-state index is -5.08. The summed E-state index contributed by atoms with van der Waals surface area (Å²) in [5.41, 5.74) is 4.77. The average Bonchev–Trinajstić information content (AvgIpc) is 3.30. The number of carboxylic acids is 1. The number of carboxylic acid groups (broad SMARTS) is 1. The zero-order valence-electron chi connectivity index (χ0n) is 18.9. The largest absolute Gasteiger partial charge is 0.490 e. The normalized spacial score (nSPS) is 14.3. The maximum absolute atomic E-state index is 12.7. The third kappa shape index (κ3) is 5.77. The summed E-state index contributed by atoms with van der Waals surface area (Å²) >= 11 is 0. The van der Waals surface area contributed by atoms with Gasteiger partial charge in [0.15, 0.2) is 0 Å². The smallest absolute Gasteiger partial charge is 0.475 e. The van der Waals surface area contributed by atoms with Gasteiger partial charge in [-0.05, 0) is 30.0 Å². The highest BCUT2D eigenvalue weighted by atomic mass is 19.4. The molecule has 1 aliphatic heterocycles. The number of hydrogen-bond donors (Lipinski definition) is 2. The van der Waals surface area contributed by atoms with Crippen LogP contribution in [0.2, 0.25) is 0 Å². The van der Waals surface area contributed by atoms with Crippen molar-refractivity contribution >= 4 is 16.9 Å². The summed E-state index contributed by atoms with van der Waals surface area (Å²) in [6, 6.07) is 10.4. The Kier molecular flexibility index (Phi) is 7.44. The van der Waals surface area contributed by atoms with E-state index in [2.05, 4.69) is 38.2 Å². The molecule has 1 aliphatic rings. The fourth-order valence-corrected chi connectivity index (χ4v) is 4.02. The monoisotopic (exact) mass is 501 g/mol. The van der Waals surface area contributed by atoms with E-state index in [9.17, 15) is 18.0 Å². The van der Waals surface area contributed by atoms with E-state index in [-0.39, 0.29) is 11.6 Å². The average molecular weight is 501 g/mol. The van der Waals surface area contributed by atoms with Gasteiger partial charge in [-0.2, -0.15) is 18.3 Å². The molecule has 2 N–H and O–H groups in total. The van der Waals surface area contributed by atoms with E-state index in [4.69, 9.17) is 14.6 Å². The molecule has 4 heterocycles. The molecule has 0 aliphatic carbocycles. The highest BCUT2D eigenvalue weighted by Gasteiger charge is 2.38. The van der Waals surface area contributed by atoms with Crippen LogP contribution in [0, 0.1) is 0 Å². The van der Waals surface area contributed by atoms with Crippen LogP contribution in [0.25, 0.3) is 22.0 Å². The molecule has 3 aromatic heterocycles. The Morgan fingerprint density at radius 2 is 1.81 bits per heavy atom. The van der Waals surface area contributed by atoms with Gasteiger partial charge in [-0.3, -0.25) is 9.48 Å². The SMILES string of the molecule is O=C(O)C(F)(F)F.O=c1[nH]c(Cc2ccccc2-c2cncnc2)cc2c1cnn2C1CCOCC1. The number of alkyl halides is 3. The van der Waals surface area contributed by atoms with E-state index in [0.717, 1.165) is 54.0 Å². The van der Waals surface area contributed by atoms with E-state index in [1.54, 1.807) is 18.6 Å². The van der Waals surface area contributed by atoms with Gasteiger partial charge in [0.1, 0.15) is 6.33 Å². The lowest BCUT2D eigenvalue weighted by Gasteiger charge is -2.23. The van der Waals surface area contributed by atoms with Gasteiger partial charge in [0.2, 0.25) is 0 Å². The Bertz CT molecular complexity index is 1400. The summed E-state index contributed by atoms with van der Waals surface area (Å²) in [5.74, 6) is -2.76. The van der Waals surface area contributed by atoms with Crippen molar-refractivity contribution in [1.29, 1.82) is 0 Å². The first-order valence-corrected chi connectivity index (χ1v) is 11.0. The third-order valence-electron chi connectivity index (χ3n) is 5.71. The minimum absolute atomic E-state index is 0.101. The minimum Gasteiger partial charge on any atom is -0.475 e. The van der Waals surface area contributed by atoms with Crippen LogP contribution in [0.4, 0.5) is 13.2 Å².